The highest BCUT2D eigenvalue weighted by molar-refractivity contribution is 7.92. The highest BCUT2D eigenvalue weighted by atomic mass is 32.2. The van der Waals surface area contributed by atoms with Crippen molar-refractivity contribution in [3.63, 3.8) is 0 Å². The van der Waals surface area contributed by atoms with Gasteiger partial charge in [-0.3, -0.25) is 9.59 Å². The fourth-order valence-electron chi connectivity index (χ4n) is 1.52. The summed E-state index contributed by atoms with van der Waals surface area (Å²) in [5, 5.41) is 2.26. The molecule has 0 aromatic rings. The van der Waals surface area contributed by atoms with Gasteiger partial charge in [0.2, 0.25) is 11.7 Å². The lowest BCUT2D eigenvalue weighted by Gasteiger charge is -2.18. The molecule has 0 rings (SSSR count). The highest BCUT2D eigenvalue weighted by Gasteiger charge is 2.26. The van der Waals surface area contributed by atoms with Crippen LogP contribution in [0.25, 0.3) is 5.53 Å². The Balaban J connectivity index is 4.90. The van der Waals surface area contributed by atoms with Gasteiger partial charge in [-0.1, -0.05) is 6.92 Å². The second-order valence-electron chi connectivity index (χ2n) is 5.03. The van der Waals surface area contributed by atoms with Crippen LogP contribution >= 0.6 is 0 Å². The minimum absolute atomic E-state index is 0.103. The number of hydrogen-bond donors (Lipinski definition) is 1. The number of amides is 1. The zero-order valence-corrected chi connectivity index (χ0v) is 14.1. The molecule has 1 atom stereocenters. The molecule has 0 aliphatic heterocycles. The van der Waals surface area contributed by atoms with E-state index in [4.69, 9.17) is 10.3 Å². The van der Waals surface area contributed by atoms with Gasteiger partial charge in [0, 0.05) is 12.2 Å². The molecule has 1 N–H and O–H groups in total. The first-order valence-electron chi connectivity index (χ1n) is 7.01. The predicted octanol–water partition coefficient (Wildman–Crippen LogP) is -0.493. The van der Waals surface area contributed by atoms with E-state index < -0.39 is 45.4 Å². The fraction of sp³-hybridized carbons (Fsp3) is 0.692. The summed E-state index contributed by atoms with van der Waals surface area (Å²) in [6.07, 6.45) is -0.0402. The van der Waals surface area contributed by atoms with Crippen LogP contribution in [0.5, 0.6) is 0 Å². The van der Waals surface area contributed by atoms with E-state index in [1.807, 2.05) is 0 Å². The molecule has 0 unspecified atom stereocenters. The van der Waals surface area contributed by atoms with Crippen LogP contribution in [-0.2, 0) is 29.0 Å². The van der Waals surface area contributed by atoms with Crippen LogP contribution in [0.15, 0.2) is 0 Å². The molecule has 0 aromatic carbocycles. The zero-order chi connectivity index (χ0) is 18.0. The van der Waals surface area contributed by atoms with Crippen molar-refractivity contribution in [3.05, 3.63) is 5.53 Å². The SMILES string of the molecule is CCS(=O)(=O)CC(=O)N[C@@H](CCC(=O)C=[N+]=[N-])C(=O)OC(C)C. The van der Waals surface area contributed by atoms with Crippen LogP contribution in [0.1, 0.15) is 33.6 Å². The largest absolute Gasteiger partial charge is 0.461 e. The first kappa shape index (κ1) is 20.9. The van der Waals surface area contributed by atoms with Crippen LogP contribution < -0.4 is 5.32 Å². The van der Waals surface area contributed by atoms with Crippen molar-refractivity contribution in [1.82, 2.24) is 5.32 Å². The summed E-state index contributed by atoms with van der Waals surface area (Å²) in [5.74, 6) is -3.12. The molecule has 0 bridgehead atoms. The van der Waals surface area contributed by atoms with Gasteiger partial charge in [0.05, 0.1) is 6.10 Å². The number of rotatable bonds is 10. The number of hydrogen-bond acceptors (Lipinski definition) is 6. The Hall–Kier alpha value is -2.06. The lowest BCUT2D eigenvalue weighted by molar-refractivity contribution is -0.151. The molecule has 0 aromatic heterocycles. The minimum atomic E-state index is -3.54. The van der Waals surface area contributed by atoms with Gasteiger partial charge in [-0.15, -0.1) is 0 Å². The molecule has 0 aliphatic carbocycles. The van der Waals surface area contributed by atoms with Crippen LogP contribution in [0.3, 0.4) is 0 Å². The van der Waals surface area contributed by atoms with Crippen molar-refractivity contribution in [2.45, 2.75) is 45.8 Å². The van der Waals surface area contributed by atoms with Gasteiger partial charge in [-0.25, -0.2) is 13.2 Å². The maximum Gasteiger partial charge on any atom is 0.328 e. The summed E-state index contributed by atoms with van der Waals surface area (Å²) in [6, 6.07) is -1.16. The maximum absolute atomic E-state index is 11.9. The molecule has 0 fully saturated rings. The summed E-state index contributed by atoms with van der Waals surface area (Å²) in [4.78, 5) is 37.5. The second-order valence-corrected chi connectivity index (χ2v) is 7.39. The Morgan fingerprint density at radius 3 is 2.39 bits per heavy atom. The third-order valence-electron chi connectivity index (χ3n) is 2.64. The minimum Gasteiger partial charge on any atom is -0.461 e. The van der Waals surface area contributed by atoms with Crippen LogP contribution in [0, 0.1) is 0 Å². The van der Waals surface area contributed by atoms with Gasteiger partial charge in [-0.2, -0.15) is 4.79 Å². The molecule has 9 nitrogen and oxygen atoms in total. The summed E-state index contributed by atoms with van der Waals surface area (Å²) >= 11 is 0. The maximum atomic E-state index is 11.9. The van der Waals surface area contributed by atoms with E-state index in [-0.39, 0.29) is 18.6 Å². The number of nitrogens with one attached hydrogen (secondary N) is 1. The van der Waals surface area contributed by atoms with Gasteiger partial charge in [0.1, 0.15) is 11.8 Å². The number of Topliss-reactive ketones (excluding diaryl/α,β-unsaturated/α-hetero) is 1. The van der Waals surface area contributed by atoms with Crippen molar-refractivity contribution in [3.8, 4) is 0 Å². The van der Waals surface area contributed by atoms with Gasteiger partial charge >= 0.3 is 12.2 Å². The number of carbonyl (C=O) groups excluding carboxylic acids is 3. The van der Waals surface area contributed by atoms with Crippen molar-refractivity contribution >= 4 is 33.7 Å². The lowest BCUT2D eigenvalue weighted by Crippen LogP contribution is -2.45. The van der Waals surface area contributed by atoms with Crippen molar-refractivity contribution < 1.29 is 32.3 Å². The number of sulfone groups is 1. The molecule has 10 heteroatoms. The molecule has 0 saturated heterocycles. The first-order chi connectivity index (χ1) is 10.6. The fourth-order valence-corrected chi connectivity index (χ4v) is 2.20. The number of ether oxygens (including phenoxy) is 1. The van der Waals surface area contributed by atoms with Crippen LogP contribution in [0.4, 0.5) is 0 Å². The van der Waals surface area contributed by atoms with E-state index in [1.165, 1.54) is 6.92 Å². The molecule has 130 valence electrons. The normalized spacial score (nSPS) is 12.2. The molecule has 0 radical (unpaired) electrons. The number of nitrogens with zero attached hydrogens (tertiary/aromatic N) is 2. The summed E-state index contributed by atoms with van der Waals surface area (Å²) in [5.41, 5.74) is 8.25. The smallest absolute Gasteiger partial charge is 0.328 e. The predicted molar refractivity (Wildman–Crippen MR) is 81.4 cm³/mol. The Kier molecular flexibility index (Phi) is 8.97. The van der Waals surface area contributed by atoms with Crippen LogP contribution in [-0.4, -0.2) is 60.7 Å². The first-order valence-corrected chi connectivity index (χ1v) is 8.84. The zero-order valence-electron chi connectivity index (χ0n) is 13.3. The third kappa shape index (κ3) is 9.54. The standard InChI is InChI=1S/C13H21N3O6S/c1-4-23(20,21)8-12(18)16-11(13(19)22-9(2)3)6-5-10(17)7-15-14/h7,9,11H,4-6,8H2,1-3H3,(H,16,18)/t11-/m0/s1. The molecular formula is C13H21N3O6S. The third-order valence-corrected chi connectivity index (χ3v) is 4.23. The summed E-state index contributed by atoms with van der Waals surface area (Å²) in [6.45, 7) is 4.63. The topological polar surface area (TPSA) is 143 Å². The molecule has 23 heavy (non-hydrogen) atoms. The van der Waals surface area contributed by atoms with E-state index in [0.717, 1.165) is 0 Å². The van der Waals surface area contributed by atoms with E-state index in [2.05, 4.69) is 10.1 Å². The van der Waals surface area contributed by atoms with Gasteiger partial charge in [-0.05, 0) is 20.3 Å². The van der Waals surface area contributed by atoms with Gasteiger partial charge in [0.15, 0.2) is 9.84 Å². The Morgan fingerprint density at radius 1 is 1.30 bits per heavy atom. The lowest BCUT2D eigenvalue weighted by atomic mass is 10.1. The molecule has 0 aliphatic rings. The monoisotopic (exact) mass is 347 g/mol. The van der Waals surface area contributed by atoms with Crippen molar-refractivity contribution in [2.24, 2.45) is 0 Å². The quantitative estimate of drug-likeness (QED) is 0.244. The Morgan fingerprint density at radius 2 is 1.91 bits per heavy atom. The molecule has 0 saturated carbocycles. The Bertz CT molecular complexity index is 593. The highest BCUT2D eigenvalue weighted by Crippen LogP contribution is 2.04. The van der Waals surface area contributed by atoms with Gasteiger partial charge < -0.3 is 15.6 Å². The molecular weight excluding hydrogens is 326 g/mol. The Labute approximate surface area is 134 Å². The average Bonchev–Trinajstić information content (AvgIpc) is 2.42. The number of esters is 1. The van der Waals surface area contributed by atoms with E-state index in [9.17, 15) is 22.8 Å². The van der Waals surface area contributed by atoms with Crippen molar-refractivity contribution in [1.29, 1.82) is 0 Å². The molecule has 1 amide bonds. The molecule has 0 heterocycles. The second kappa shape index (κ2) is 9.86. The van der Waals surface area contributed by atoms with Crippen LogP contribution in [0.2, 0.25) is 0 Å². The summed E-state index contributed by atoms with van der Waals surface area (Å²) < 4.78 is 27.8. The van der Waals surface area contributed by atoms with E-state index >= 15 is 0 Å². The summed E-state index contributed by atoms with van der Waals surface area (Å²) in [7, 11) is -3.54. The number of ketones is 1. The molecule has 0 spiro atoms. The van der Waals surface area contributed by atoms with Crippen molar-refractivity contribution in [2.75, 3.05) is 11.5 Å². The number of carbonyl (C=O) groups is 3. The van der Waals surface area contributed by atoms with E-state index in [0.29, 0.717) is 6.21 Å². The van der Waals surface area contributed by atoms with E-state index in [1.54, 1.807) is 13.8 Å². The average molecular weight is 347 g/mol. The van der Waals surface area contributed by atoms with Gasteiger partial charge in [0.25, 0.3) is 0 Å².